The summed E-state index contributed by atoms with van der Waals surface area (Å²) in [5, 5.41) is 18.1. The zero-order chi connectivity index (χ0) is 8.15. The summed E-state index contributed by atoms with van der Waals surface area (Å²) in [5.41, 5.74) is 4.67. The summed E-state index contributed by atoms with van der Waals surface area (Å²) in [6.45, 7) is -0.623. The summed E-state index contributed by atoms with van der Waals surface area (Å²) in [7, 11) is 0. The maximum absolute atomic E-state index is 10.2. The molecule has 0 aliphatic heterocycles. The molecule has 0 heterocycles. The first-order valence-corrected chi connectivity index (χ1v) is 2.47. The summed E-state index contributed by atoms with van der Waals surface area (Å²) in [6, 6.07) is -1.21. The van der Waals surface area contributed by atoms with E-state index < -0.39 is 24.6 Å². The molecule has 0 aromatic heterocycles. The molecule has 5 N–H and O–H groups in total. The van der Waals surface area contributed by atoms with Gasteiger partial charge >= 0.3 is 6.09 Å². The molecule has 0 aliphatic rings. The van der Waals surface area contributed by atoms with Gasteiger partial charge in [-0.3, -0.25) is 4.79 Å². The number of nitrogens with one attached hydrogen (secondary N) is 1. The lowest BCUT2D eigenvalue weighted by Crippen LogP contribution is -2.46. The smallest absolute Gasteiger partial charge is 0.405 e. The standard InChI is InChI=1S/C4H8N2O4/c5-3(8)2(1-7)6-4(9)10/h2,6-7H,1H2,(H2,5,8)(H,9,10)/t2-/m0/s1. The molecule has 2 amide bonds. The fraction of sp³-hybridized carbons (Fsp3) is 0.500. The summed E-state index contributed by atoms with van der Waals surface area (Å²) < 4.78 is 0. The molecular weight excluding hydrogens is 140 g/mol. The van der Waals surface area contributed by atoms with Gasteiger partial charge in [0.05, 0.1) is 6.61 Å². The monoisotopic (exact) mass is 148 g/mol. The number of primary amides is 1. The molecule has 58 valence electrons. The summed E-state index contributed by atoms with van der Waals surface area (Å²) >= 11 is 0. The van der Waals surface area contributed by atoms with Gasteiger partial charge in [0.25, 0.3) is 0 Å². The van der Waals surface area contributed by atoms with Crippen molar-refractivity contribution in [2.24, 2.45) is 5.73 Å². The molecule has 0 spiro atoms. The number of rotatable bonds is 3. The van der Waals surface area contributed by atoms with E-state index in [4.69, 9.17) is 10.2 Å². The Morgan fingerprint density at radius 2 is 2.10 bits per heavy atom. The van der Waals surface area contributed by atoms with Crippen LogP contribution in [0.2, 0.25) is 0 Å². The molecule has 0 rings (SSSR count). The molecule has 6 heteroatoms. The van der Waals surface area contributed by atoms with Crippen molar-refractivity contribution in [2.45, 2.75) is 6.04 Å². The van der Waals surface area contributed by atoms with E-state index in [9.17, 15) is 9.59 Å². The van der Waals surface area contributed by atoms with Crippen molar-refractivity contribution in [2.75, 3.05) is 6.61 Å². The van der Waals surface area contributed by atoms with Crippen LogP contribution in [0.25, 0.3) is 0 Å². The fourth-order valence-corrected chi connectivity index (χ4v) is 0.356. The lowest BCUT2D eigenvalue weighted by Gasteiger charge is -2.07. The van der Waals surface area contributed by atoms with Gasteiger partial charge < -0.3 is 21.3 Å². The van der Waals surface area contributed by atoms with E-state index in [1.165, 1.54) is 0 Å². The molecule has 0 fully saturated rings. The van der Waals surface area contributed by atoms with Crippen LogP contribution in [-0.2, 0) is 4.79 Å². The predicted molar refractivity (Wildman–Crippen MR) is 31.2 cm³/mol. The van der Waals surface area contributed by atoms with Gasteiger partial charge in [-0.2, -0.15) is 0 Å². The third-order valence-corrected chi connectivity index (χ3v) is 0.824. The van der Waals surface area contributed by atoms with Crippen LogP contribution < -0.4 is 11.1 Å². The molecule has 0 aromatic carbocycles. The van der Waals surface area contributed by atoms with E-state index >= 15 is 0 Å². The van der Waals surface area contributed by atoms with Gasteiger partial charge in [0.2, 0.25) is 5.91 Å². The van der Waals surface area contributed by atoms with Crippen LogP contribution in [0, 0.1) is 0 Å². The van der Waals surface area contributed by atoms with E-state index in [0.29, 0.717) is 0 Å². The minimum absolute atomic E-state index is 0.623. The van der Waals surface area contributed by atoms with Crippen molar-refractivity contribution < 1.29 is 19.8 Å². The van der Waals surface area contributed by atoms with Crippen molar-refractivity contribution in [1.82, 2.24) is 5.32 Å². The largest absolute Gasteiger partial charge is 0.465 e. The van der Waals surface area contributed by atoms with Crippen molar-refractivity contribution in [3.63, 3.8) is 0 Å². The highest BCUT2D eigenvalue weighted by Gasteiger charge is 2.15. The number of carboxylic acid groups (broad SMARTS) is 1. The number of hydrogen-bond donors (Lipinski definition) is 4. The fourth-order valence-electron chi connectivity index (χ4n) is 0.356. The Bertz CT molecular complexity index is 146. The Balaban J connectivity index is 3.83. The molecule has 0 saturated carbocycles. The number of aliphatic hydroxyl groups is 1. The molecule has 1 atom stereocenters. The number of carbonyl (C=O) groups excluding carboxylic acids is 1. The lowest BCUT2D eigenvalue weighted by molar-refractivity contribution is -0.120. The Morgan fingerprint density at radius 3 is 2.20 bits per heavy atom. The maximum Gasteiger partial charge on any atom is 0.405 e. The molecule has 0 aliphatic carbocycles. The van der Waals surface area contributed by atoms with Gasteiger partial charge in [-0.05, 0) is 0 Å². The molecule has 0 aromatic rings. The molecule has 0 unspecified atom stereocenters. The quantitative estimate of drug-likeness (QED) is 0.374. The van der Waals surface area contributed by atoms with E-state index in [2.05, 4.69) is 5.73 Å². The second-order valence-electron chi connectivity index (χ2n) is 1.59. The van der Waals surface area contributed by atoms with Crippen LogP contribution in [0.15, 0.2) is 0 Å². The Labute approximate surface area is 56.6 Å². The predicted octanol–water partition coefficient (Wildman–Crippen LogP) is -1.90. The highest BCUT2D eigenvalue weighted by molar-refractivity contribution is 5.83. The SMILES string of the molecule is NC(=O)[C@H](CO)NC(=O)O. The Hall–Kier alpha value is -1.30. The molecule has 10 heavy (non-hydrogen) atoms. The van der Waals surface area contributed by atoms with Crippen molar-refractivity contribution in [3.05, 3.63) is 0 Å². The summed E-state index contributed by atoms with van der Waals surface area (Å²) in [4.78, 5) is 20.0. The first-order chi connectivity index (χ1) is 4.57. The Morgan fingerprint density at radius 1 is 1.60 bits per heavy atom. The van der Waals surface area contributed by atoms with Gasteiger partial charge in [-0.1, -0.05) is 0 Å². The molecule has 0 saturated heterocycles. The van der Waals surface area contributed by atoms with Crippen LogP contribution in [0.4, 0.5) is 4.79 Å². The van der Waals surface area contributed by atoms with E-state index in [1.807, 2.05) is 0 Å². The lowest BCUT2D eigenvalue weighted by atomic mass is 10.3. The topological polar surface area (TPSA) is 113 Å². The first kappa shape index (κ1) is 8.70. The number of carbonyl (C=O) groups is 2. The zero-order valence-corrected chi connectivity index (χ0v) is 5.07. The number of hydrogen-bond acceptors (Lipinski definition) is 3. The minimum atomic E-state index is -1.39. The van der Waals surface area contributed by atoms with Crippen LogP contribution in [-0.4, -0.2) is 34.9 Å². The minimum Gasteiger partial charge on any atom is -0.465 e. The van der Waals surface area contributed by atoms with E-state index in [0.717, 1.165) is 0 Å². The highest BCUT2D eigenvalue weighted by atomic mass is 16.4. The second kappa shape index (κ2) is 3.67. The van der Waals surface area contributed by atoms with Gasteiger partial charge in [-0.25, -0.2) is 4.79 Å². The Kier molecular flexibility index (Phi) is 3.20. The second-order valence-corrected chi connectivity index (χ2v) is 1.59. The maximum atomic E-state index is 10.2. The van der Waals surface area contributed by atoms with E-state index in [-0.39, 0.29) is 0 Å². The summed E-state index contributed by atoms with van der Waals surface area (Å²) in [5.74, 6) is -0.898. The highest BCUT2D eigenvalue weighted by Crippen LogP contribution is 1.78. The molecule has 0 bridgehead atoms. The van der Waals surface area contributed by atoms with Gasteiger partial charge in [0.1, 0.15) is 6.04 Å². The third kappa shape index (κ3) is 2.88. The van der Waals surface area contributed by atoms with Crippen molar-refractivity contribution >= 4 is 12.0 Å². The molecule has 6 nitrogen and oxygen atoms in total. The number of aliphatic hydroxyl groups excluding tert-OH is 1. The first-order valence-electron chi connectivity index (χ1n) is 2.47. The van der Waals surface area contributed by atoms with Crippen molar-refractivity contribution in [1.29, 1.82) is 0 Å². The van der Waals surface area contributed by atoms with Crippen LogP contribution in [0.5, 0.6) is 0 Å². The molecule has 0 radical (unpaired) electrons. The summed E-state index contributed by atoms with van der Waals surface area (Å²) in [6.07, 6.45) is -1.39. The number of amides is 2. The average molecular weight is 148 g/mol. The molecular formula is C4H8N2O4. The van der Waals surface area contributed by atoms with Crippen LogP contribution in [0.3, 0.4) is 0 Å². The van der Waals surface area contributed by atoms with Gasteiger partial charge in [0.15, 0.2) is 0 Å². The van der Waals surface area contributed by atoms with Crippen LogP contribution >= 0.6 is 0 Å². The van der Waals surface area contributed by atoms with Crippen LogP contribution in [0.1, 0.15) is 0 Å². The van der Waals surface area contributed by atoms with E-state index in [1.54, 1.807) is 5.32 Å². The number of nitrogens with two attached hydrogens (primary N) is 1. The van der Waals surface area contributed by atoms with Gasteiger partial charge in [0, 0.05) is 0 Å². The average Bonchev–Trinajstić information content (AvgIpc) is 1.81. The zero-order valence-electron chi connectivity index (χ0n) is 5.07. The normalized spacial score (nSPS) is 12.1. The van der Waals surface area contributed by atoms with Crippen molar-refractivity contribution in [3.8, 4) is 0 Å². The van der Waals surface area contributed by atoms with Gasteiger partial charge in [-0.15, -0.1) is 0 Å². The third-order valence-electron chi connectivity index (χ3n) is 0.824.